The predicted molar refractivity (Wildman–Crippen MR) is 100 cm³/mol. The van der Waals surface area contributed by atoms with Gasteiger partial charge in [0.1, 0.15) is 16.8 Å². The molecule has 0 aliphatic carbocycles. The van der Waals surface area contributed by atoms with E-state index >= 15 is 0 Å². The van der Waals surface area contributed by atoms with Crippen molar-refractivity contribution in [3.63, 3.8) is 0 Å². The third-order valence-electron chi connectivity index (χ3n) is 3.93. The Balaban J connectivity index is 1.79. The van der Waals surface area contributed by atoms with Crippen LogP contribution in [-0.4, -0.2) is 20.1 Å². The van der Waals surface area contributed by atoms with E-state index in [1.165, 1.54) is 11.3 Å². The van der Waals surface area contributed by atoms with Gasteiger partial charge in [-0.2, -0.15) is 5.26 Å². The molecule has 0 saturated carbocycles. The molecule has 3 aromatic heterocycles. The number of anilines is 1. The standard InChI is InChI=1S/C19H13N5OS/c20-10-11-4-3-5-12(8-11)18-23-17(21)13-9-15(26-19(13)24-18)16(25)14-6-1-2-7-22-14/h1-9,16,25H,(H2,21,23,24). The van der Waals surface area contributed by atoms with Crippen molar-refractivity contribution in [2.24, 2.45) is 0 Å². The quantitative estimate of drug-likeness (QED) is 0.581. The highest BCUT2D eigenvalue weighted by atomic mass is 32.1. The molecule has 3 heterocycles. The van der Waals surface area contributed by atoms with Gasteiger partial charge in [-0.15, -0.1) is 11.3 Å². The van der Waals surface area contributed by atoms with Gasteiger partial charge in [0.15, 0.2) is 5.82 Å². The zero-order valence-electron chi connectivity index (χ0n) is 13.5. The lowest BCUT2D eigenvalue weighted by Gasteiger charge is -2.06. The summed E-state index contributed by atoms with van der Waals surface area (Å²) in [5.41, 5.74) is 7.92. The molecule has 0 aliphatic heterocycles. The van der Waals surface area contributed by atoms with Crippen molar-refractivity contribution in [3.05, 3.63) is 70.9 Å². The summed E-state index contributed by atoms with van der Waals surface area (Å²) in [6, 6.07) is 16.3. The van der Waals surface area contributed by atoms with Gasteiger partial charge in [-0.3, -0.25) is 4.98 Å². The molecule has 0 fully saturated rings. The molecule has 1 unspecified atom stereocenters. The smallest absolute Gasteiger partial charge is 0.163 e. The van der Waals surface area contributed by atoms with Crippen molar-refractivity contribution in [3.8, 4) is 17.5 Å². The molecule has 6 nitrogen and oxygen atoms in total. The second kappa shape index (κ2) is 6.52. The lowest BCUT2D eigenvalue weighted by Crippen LogP contribution is -1.99. The van der Waals surface area contributed by atoms with Gasteiger partial charge in [-0.1, -0.05) is 18.2 Å². The van der Waals surface area contributed by atoms with Gasteiger partial charge in [-0.25, -0.2) is 9.97 Å². The van der Waals surface area contributed by atoms with E-state index in [2.05, 4.69) is 21.0 Å². The maximum absolute atomic E-state index is 10.6. The summed E-state index contributed by atoms with van der Waals surface area (Å²) in [7, 11) is 0. The molecule has 0 aliphatic rings. The van der Waals surface area contributed by atoms with E-state index in [9.17, 15) is 5.11 Å². The zero-order chi connectivity index (χ0) is 18.1. The molecule has 0 amide bonds. The summed E-state index contributed by atoms with van der Waals surface area (Å²) < 4.78 is 0. The van der Waals surface area contributed by atoms with Gasteiger partial charge in [0.25, 0.3) is 0 Å². The molecule has 126 valence electrons. The van der Waals surface area contributed by atoms with Crippen molar-refractivity contribution in [1.82, 2.24) is 15.0 Å². The number of aliphatic hydroxyl groups is 1. The molecule has 1 atom stereocenters. The maximum atomic E-state index is 10.6. The number of aromatic nitrogens is 3. The number of nitriles is 1. The number of nitrogen functional groups attached to an aromatic ring is 1. The average molecular weight is 359 g/mol. The molecule has 3 N–H and O–H groups in total. The van der Waals surface area contributed by atoms with E-state index in [4.69, 9.17) is 11.0 Å². The van der Waals surface area contributed by atoms with Crippen molar-refractivity contribution < 1.29 is 5.11 Å². The second-order valence-corrected chi connectivity index (χ2v) is 6.71. The Kier molecular flexibility index (Phi) is 4.05. The van der Waals surface area contributed by atoms with E-state index < -0.39 is 6.10 Å². The van der Waals surface area contributed by atoms with E-state index in [-0.39, 0.29) is 0 Å². The molecule has 4 aromatic rings. The first-order valence-electron chi connectivity index (χ1n) is 7.82. The van der Waals surface area contributed by atoms with E-state index in [1.54, 1.807) is 42.6 Å². The number of hydrogen-bond donors (Lipinski definition) is 2. The number of nitrogens with zero attached hydrogens (tertiary/aromatic N) is 4. The Morgan fingerprint density at radius 3 is 2.77 bits per heavy atom. The number of hydrogen-bond acceptors (Lipinski definition) is 7. The van der Waals surface area contributed by atoms with Crippen LogP contribution < -0.4 is 5.73 Å². The fourth-order valence-electron chi connectivity index (χ4n) is 2.64. The number of aliphatic hydroxyl groups excluding tert-OH is 1. The summed E-state index contributed by atoms with van der Waals surface area (Å²) in [5.74, 6) is 0.788. The average Bonchev–Trinajstić information content (AvgIpc) is 3.13. The van der Waals surface area contributed by atoms with Crippen LogP contribution in [0.2, 0.25) is 0 Å². The highest BCUT2D eigenvalue weighted by Gasteiger charge is 2.18. The van der Waals surface area contributed by atoms with E-state index in [0.29, 0.717) is 38.0 Å². The molecular formula is C19H13N5OS. The molecule has 0 bridgehead atoms. The van der Waals surface area contributed by atoms with Crippen molar-refractivity contribution in [2.45, 2.75) is 6.10 Å². The van der Waals surface area contributed by atoms with Crippen LogP contribution >= 0.6 is 11.3 Å². The van der Waals surface area contributed by atoms with Gasteiger partial charge in [0.2, 0.25) is 0 Å². The van der Waals surface area contributed by atoms with Crippen LogP contribution in [0, 0.1) is 11.3 Å². The first-order valence-corrected chi connectivity index (χ1v) is 8.64. The van der Waals surface area contributed by atoms with Gasteiger partial charge in [0, 0.05) is 16.6 Å². The molecule has 26 heavy (non-hydrogen) atoms. The summed E-state index contributed by atoms with van der Waals surface area (Å²) in [6.07, 6.45) is 0.792. The van der Waals surface area contributed by atoms with Crippen LogP contribution in [0.1, 0.15) is 22.2 Å². The van der Waals surface area contributed by atoms with Gasteiger partial charge < -0.3 is 10.8 Å². The number of fused-ring (bicyclic) bond motifs is 1. The molecule has 0 saturated heterocycles. The van der Waals surface area contributed by atoms with E-state index in [1.807, 2.05) is 12.1 Å². The first kappa shape index (κ1) is 16.1. The third-order valence-corrected chi connectivity index (χ3v) is 5.01. The van der Waals surface area contributed by atoms with Crippen molar-refractivity contribution >= 4 is 27.4 Å². The number of thiophene rings is 1. The van der Waals surface area contributed by atoms with Crippen LogP contribution in [0.25, 0.3) is 21.6 Å². The Morgan fingerprint density at radius 1 is 1.12 bits per heavy atom. The number of nitrogens with two attached hydrogens (primary N) is 1. The fourth-order valence-corrected chi connectivity index (χ4v) is 3.68. The number of rotatable bonds is 3. The summed E-state index contributed by atoms with van der Waals surface area (Å²) >= 11 is 1.35. The van der Waals surface area contributed by atoms with Crippen LogP contribution in [0.4, 0.5) is 5.82 Å². The van der Waals surface area contributed by atoms with Crippen LogP contribution in [0.3, 0.4) is 0 Å². The Bertz CT molecular complexity index is 1130. The number of pyridine rings is 1. The van der Waals surface area contributed by atoms with E-state index in [0.717, 1.165) is 5.56 Å². The molecule has 4 rings (SSSR count). The highest BCUT2D eigenvalue weighted by molar-refractivity contribution is 7.18. The molecule has 1 aromatic carbocycles. The largest absolute Gasteiger partial charge is 0.383 e. The lowest BCUT2D eigenvalue weighted by atomic mass is 10.1. The Morgan fingerprint density at radius 2 is 2.00 bits per heavy atom. The molecular weight excluding hydrogens is 346 g/mol. The summed E-state index contributed by atoms with van der Waals surface area (Å²) in [5, 5.41) is 20.3. The second-order valence-electron chi connectivity index (χ2n) is 5.65. The normalized spacial score (nSPS) is 12.0. The van der Waals surface area contributed by atoms with Crippen molar-refractivity contribution in [1.29, 1.82) is 5.26 Å². The minimum Gasteiger partial charge on any atom is -0.383 e. The monoisotopic (exact) mass is 359 g/mol. The summed E-state index contributed by atoms with van der Waals surface area (Å²) in [6.45, 7) is 0. The van der Waals surface area contributed by atoms with Crippen LogP contribution in [-0.2, 0) is 0 Å². The summed E-state index contributed by atoms with van der Waals surface area (Å²) in [4.78, 5) is 14.5. The first-order chi connectivity index (χ1) is 12.7. The van der Waals surface area contributed by atoms with Crippen LogP contribution in [0.5, 0.6) is 0 Å². The lowest BCUT2D eigenvalue weighted by molar-refractivity contribution is 0.219. The topological polar surface area (TPSA) is 109 Å². The number of benzene rings is 1. The van der Waals surface area contributed by atoms with Crippen molar-refractivity contribution in [2.75, 3.05) is 5.73 Å². The van der Waals surface area contributed by atoms with Gasteiger partial charge in [-0.05, 0) is 30.3 Å². The predicted octanol–water partition coefficient (Wildman–Crippen LogP) is 3.29. The molecule has 0 radical (unpaired) electrons. The van der Waals surface area contributed by atoms with Gasteiger partial charge in [0.05, 0.1) is 22.7 Å². The third kappa shape index (κ3) is 2.88. The molecule has 7 heteroatoms. The fraction of sp³-hybridized carbons (Fsp3) is 0.0526. The van der Waals surface area contributed by atoms with Crippen LogP contribution in [0.15, 0.2) is 54.7 Å². The maximum Gasteiger partial charge on any atom is 0.163 e. The Hall–Kier alpha value is -3.34. The Labute approximate surface area is 153 Å². The minimum atomic E-state index is -0.847. The minimum absolute atomic E-state index is 0.336. The SMILES string of the molecule is N#Cc1cccc(-c2nc(N)c3cc(C(O)c4ccccn4)sc3n2)c1. The highest BCUT2D eigenvalue weighted by Crippen LogP contribution is 2.34. The van der Waals surface area contributed by atoms with Gasteiger partial charge >= 0.3 is 0 Å². The molecule has 0 spiro atoms. The zero-order valence-corrected chi connectivity index (χ0v) is 14.3.